The number of hydrogen-bond acceptors (Lipinski definition) is 3. The van der Waals surface area contributed by atoms with Crippen molar-refractivity contribution in [2.45, 2.75) is 25.3 Å². The van der Waals surface area contributed by atoms with E-state index < -0.39 is 6.04 Å². The molecule has 1 atom stereocenters. The number of hydrogen-bond donors (Lipinski definition) is 0. The summed E-state index contributed by atoms with van der Waals surface area (Å²) >= 11 is 0. The summed E-state index contributed by atoms with van der Waals surface area (Å²) in [6.45, 7) is 1.16. The molecule has 0 unspecified atom stereocenters. The van der Waals surface area contributed by atoms with Gasteiger partial charge in [0, 0.05) is 45.4 Å². The van der Waals surface area contributed by atoms with Crippen molar-refractivity contribution in [1.82, 2.24) is 14.8 Å². The van der Waals surface area contributed by atoms with E-state index >= 15 is 0 Å². The second kappa shape index (κ2) is 9.56. The number of carbonyl (C=O) groups excluding carboxylic acids is 2. The van der Waals surface area contributed by atoms with Gasteiger partial charge in [-0.2, -0.15) is 0 Å². The van der Waals surface area contributed by atoms with Gasteiger partial charge < -0.3 is 9.80 Å². The summed E-state index contributed by atoms with van der Waals surface area (Å²) < 4.78 is 0. The maximum atomic E-state index is 13.0. The third kappa shape index (κ3) is 5.00. The highest BCUT2D eigenvalue weighted by molar-refractivity contribution is 5.89. The Kier molecular flexibility index (Phi) is 6.41. The van der Waals surface area contributed by atoms with E-state index in [1.165, 1.54) is 0 Å². The molecule has 2 aromatic carbocycles. The third-order valence-electron chi connectivity index (χ3n) is 5.90. The Labute approximate surface area is 183 Å². The fourth-order valence-electron chi connectivity index (χ4n) is 4.05. The van der Waals surface area contributed by atoms with Crippen molar-refractivity contribution in [2.24, 2.45) is 0 Å². The molecule has 0 radical (unpaired) electrons. The van der Waals surface area contributed by atoms with Crippen LogP contribution in [0.1, 0.15) is 17.5 Å². The summed E-state index contributed by atoms with van der Waals surface area (Å²) in [6, 6.07) is 21.7. The Hall–Kier alpha value is -3.47. The van der Waals surface area contributed by atoms with Crippen molar-refractivity contribution in [2.75, 3.05) is 20.1 Å². The quantitative estimate of drug-likeness (QED) is 0.621. The minimum absolute atomic E-state index is 0.0116. The first-order chi connectivity index (χ1) is 15.1. The molecular weight excluding hydrogens is 386 g/mol. The number of nitrogens with zero attached hydrogens (tertiary/aromatic N) is 3. The smallest absolute Gasteiger partial charge is 0.245 e. The van der Waals surface area contributed by atoms with Gasteiger partial charge in [0.25, 0.3) is 0 Å². The van der Waals surface area contributed by atoms with Crippen LogP contribution in [0.3, 0.4) is 0 Å². The van der Waals surface area contributed by atoms with Crippen LogP contribution in [0.25, 0.3) is 11.1 Å². The van der Waals surface area contributed by atoms with Crippen LogP contribution in [0.15, 0.2) is 79.1 Å². The maximum absolute atomic E-state index is 13.0. The second-order valence-corrected chi connectivity index (χ2v) is 7.99. The zero-order valence-electron chi connectivity index (χ0n) is 17.8. The van der Waals surface area contributed by atoms with Crippen LogP contribution in [0.5, 0.6) is 0 Å². The number of rotatable bonds is 6. The van der Waals surface area contributed by atoms with Crippen LogP contribution >= 0.6 is 0 Å². The molecule has 1 fully saturated rings. The topological polar surface area (TPSA) is 53.5 Å². The number of likely N-dealkylation sites (N-methyl/N-ethyl adjacent to an activating group) is 1. The lowest BCUT2D eigenvalue weighted by molar-refractivity contribution is -0.150. The van der Waals surface area contributed by atoms with Gasteiger partial charge in [-0.3, -0.25) is 14.6 Å². The lowest BCUT2D eigenvalue weighted by Gasteiger charge is -2.39. The maximum Gasteiger partial charge on any atom is 0.245 e. The molecule has 1 aliphatic heterocycles. The van der Waals surface area contributed by atoms with Gasteiger partial charge in [0.2, 0.25) is 11.8 Å². The number of amides is 2. The van der Waals surface area contributed by atoms with Gasteiger partial charge >= 0.3 is 0 Å². The summed E-state index contributed by atoms with van der Waals surface area (Å²) in [5.74, 6) is 0.0567. The number of piperazine rings is 1. The standard InChI is InChI=1S/C26H27N3O2/c1-28-17-18-29(25(30)12-9-20-5-3-2-4-6-20)24(26(28)31)19-21-7-10-22(11-8-21)23-13-15-27-16-14-23/h2-8,10-11,13-16,24H,9,12,17-19H2,1H3/t24-/m0/s1. The largest absolute Gasteiger partial charge is 0.342 e. The van der Waals surface area contributed by atoms with Crippen molar-refractivity contribution in [1.29, 1.82) is 0 Å². The van der Waals surface area contributed by atoms with E-state index in [4.69, 9.17) is 0 Å². The molecule has 0 N–H and O–H groups in total. The molecule has 0 bridgehead atoms. The summed E-state index contributed by atoms with van der Waals surface area (Å²) in [4.78, 5) is 33.5. The average molecular weight is 414 g/mol. The molecule has 0 aliphatic carbocycles. The minimum atomic E-state index is -0.450. The highest BCUT2D eigenvalue weighted by Gasteiger charge is 2.35. The van der Waals surface area contributed by atoms with Crippen LogP contribution in [-0.2, 0) is 22.4 Å². The molecule has 1 aromatic heterocycles. The monoisotopic (exact) mass is 413 g/mol. The molecule has 4 rings (SSSR count). The Morgan fingerprint density at radius 3 is 2.29 bits per heavy atom. The van der Waals surface area contributed by atoms with Crippen molar-refractivity contribution in [3.8, 4) is 11.1 Å². The van der Waals surface area contributed by atoms with Gasteiger partial charge in [-0.1, -0.05) is 54.6 Å². The highest BCUT2D eigenvalue weighted by Crippen LogP contribution is 2.22. The van der Waals surface area contributed by atoms with Crippen LogP contribution in [0.2, 0.25) is 0 Å². The first kappa shape index (κ1) is 20.8. The van der Waals surface area contributed by atoms with Gasteiger partial charge in [0.1, 0.15) is 6.04 Å². The first-order valence-corrected chi connectivity index (χ1v) is 10.7. The molecule has 0 saturated carbocycles. The lowest BCUT2D eigenvalue weighted by Crippen LogP contribution is -2.58. The van der Waals surface area contributed by atoms with E-state index in [0.717, 1.165) is 22.3 Å². The fraction of sp³-hybridized carbons (Fsp3) is 0.269. The second-order valence-electron chi connectivity index (χ2n) is 7.99. The van der Waals surface area contributed by atoms with Crippen molar-refractivity contribution in [3.05, 3.63) is 90.3 Å². The molecule has 1 aliphatic rings. The molecule has 0 spiro atoms. The van der Waals surface area contributed by atoms with Gasteiger partial charge in [-0.05, 0) is 40.8 Å². The fourth-order valence-corrected chi connectivity index (χ4v) is 4.05. The number of benzene rings is 2. The Morgan fingerprint density at radius 1 is 0.903 bits per heavy atom. The predicted octanol–water partition coefficient (Wildman–Crippen LogP) is 3.59. The number of pyridine rings is 1. The minimum Gasteiger partial charge on any atom is -0.342 e. The van der Waals surface area contributed by atoms with Crippen LogP contribution in [0.4, 0.5) is 0 Å². The van der Waals surface area contributed by atoms with Crippen LogP contribution < -0.4 is 0 Å². The molecule has 2 amide bonds. The van der Waals surface area contributed by atoms with Gasteiger partial charge in [0.15, 0.2) is 0 Å². The summed E-state index contributed by atoms with van der Waals surface area (Å²) in [5.41, 5.74) is 4.40. The molecule has 158 valence electrons. The third-order valence-corrected chi connectivity index (χ3v) is 5.90. The van der Waals surface area contributed by atoms with Gasteiger partial charge in [-0.25, -0.2) is 0 Å². The number of aromatic nitrogens is 1. The van der Waals surface area contributed by atoms with Crippen molar-refractivity contribution in [3.63, 3.8) is 0 Å². The molecule has 1 saturated heterocycles. The van der Waals surface area contributed by atoms with Gasteiger partial charge in [0.05, 0.1) is 0 Å². The SMILES string of the molecule is CN1CCN(C(=O)CCc2ccccc2)[C@@H](Cc2ccc(-c3ccncc3)cc2)C1=O. The molecule has 3 aromatic rings. The van der Waals surface area contributed by atoms with Crippen LogP contribution in [-0.4, -0.2) is 52.8 Å². The zero-order chi connectivity index (χ0) is 21.6. The lowest BCUT2D eigenvalue weighted by atomic mass is 9.98. The number of aryl methyl sites for hydroxylation is 1. The molecular formula is C26H27N3O2. The van der Waals surface area contributed by atoms with Crippen molar-refractivity contribution < 1.29 is 9.59 Å². The van der Waals surface area contributed by atoms with E-state index in [0.29, 0.717) is 32.4 Å². The number of carbonyl (C=O) groups is 2. The zero-order valence-corrected chi connectivity index (χ0v) is 17.8. The highest BCUT2D eigenvalue weighted by atomic mass is 16.2. The normalized spacial score (nSPS) is 16.4. The molecule has 5 heteroatoms. The Balaban J connectivity index is 1.46. The molecule has 31 heavy (non-hydrogen) atoms. The van der Waals surface area contributed by atoms with E-state index in [9.17, 15) is 9.59 Å². The van der Waals surface area contributed by atoms with E-state index in [2.05, 4.69) is 17.1 Å². The summed E-state index contributed by atoms with van der Waals surface area (Å²) in [6.07, 6.45) is 5.18. The predicted molar refractivity (Wildman–Crippen MR) is 121 cm³/mol. The van der Waals surface area contributed by atoms with E-state index in [1.807, 2.05) is 61.6 Å². The van der Waals surface area contributed by atoms with Crippen LogP contribution in [0, 0.1) is 0 Å². The molecule has 5 nitrogen and oxygen atoms in total. The average Bonchev–Trinajstić information content (AvgIpc) is 2.82. The van der Waals surface area contributed by atoms with Crippen molar-refractivity contribution >= 4 is 11.8 Å². The summed E-state index contributed by atoms with van der Waals surface area (Å²) in [7, 11) is 1.81. The molecule has 2 heterocycles. The summed E-state index contributed by atoms with van der Waals surface area (Å²) in [5, 5.41) is 0. The van der Waals surface area contributed by atoms with E-state index in [-0.39, 0.29) is 11.8 Å². The Bertz CT molecular complexity index is 1020. The Morgan fingerprint density at radius 2 is 1.58 bits per heavy atom. The van der Waals surface area contributed by atoms with E-state index in [1.54, 1.807) is 22.2 Å². The first-order valence-electron chi connectivity index (χ1n) is 10.7. The van der Waals surface area contributed by atoms with Gasteiger partial charge in [-0.15, -0.1) is 0 Å².